The Morgan fingerprint density at radius 3 is 2.41 bits per heavy atom. The quantitative estimate of drug-likeness (QED) is 0.560. The van der Waals surface area contributed by atoms with Gasteiger partial charge in [0.25, 0.3) is 0 Å². The van der Waals surface area contributed by atoms with Crippen LogP contribution in [-0.4, -0.2) is 23.3 Å². The highest BCUT2D eigenvalue weighted by Crippen LogP contribution is 2.16. The molecule has 0 saturated carbocycles. The van der Waals surface area contributed by atoms with Crippen LogP contribution in [0.1, 0.15) is 36.1 Å². The molecule has 2 aromatic carbocycles. The summed E-state index contributed by atoms with van der Waals surface area (Å²) in [5.41, 5.74) is 8.49. The molecule has 6 heteroatoms. The van der Waals surface area contributed by atoms with Crippen LogP contribution in [0, 0.1) is 13.8 Å². The van der Waals surface area contributed by atoms with Crippen molar-refractivity contribution >= 4 is 35.0 Å². The predicted octanol–water partition coefficient (Wildman–Crippen LogP) is 4.04. The predicted molar refractivity (Wildman–Crippen MR) is 113 cm³/mol. The van der Waals surface area contributed by atoms with Crippen LogP contribution in [0.2, 0.25) is 0 Å². The van der Waals surface area contributed by atoms with E-state index in [-0.39, 0.29) is 11.8 Å². The minimum atomic E-state index is -0.137. The van der Waals surface area contributed by atoms with Crippen LogP contribution >= 0.6 is 11.8 Å². The number of thioether (sulfide) groups is 1. The third-order valence-electron chi connectivity index (χ3n) is 3.73. The number of anilines is 1. The van der Waals surface area contributed by atoms with Gasteiger partial charge in [-0.3, -0.25) is 9.59 Å². The van der Waals surface area contributed by atoms with Crippen LogP contribution in [0.15, 0.2) is 47.6 Å². The van der Waals surface area contributed by atoms with Gasteiger partial charge in [0.1, 0.15) is 0 Å². The normalized spacial score (nSPS) is 11.2. The van der Waals surface area contributed by atoms with E-state index >= 15 is 0 Å². The van der Waals surface area contributed by atoms with Gasteiger partial charge in [-0.1, -0.05) is 41.5 Å². The van der Waals surface area contributed by atoms with Crippen molar-refractivity contribution in [2.75, 3.05) is 11.1 Å². The lowest BCUT2D eigenvalue weighted by molar-refractivity contribution is -0.118. The van der Waals surface area contributed by atoms with Gasteiger partial charge < -0.3 is 5.32 Å². The number of benzene rings is 2. The number of hydrazone groups is 1. The monoisotopic (exact) mass is 383 g/mol. The number of amides is 2. The first kappa shape index (κ1) is 20.7. The second kappa shape index (κ2) is 9.92. The van der Waals surface area contributed by atoms with E-state index in [1.807, 2.05) is 25.1 Å². The highest BCUT2D eigenvalue weighted by molar-refractivity contribution is 7.99. The average Bonchev–Trinajstić information content (AvgIpc) is 2.58. The molecule has 2 amide bonds. The number of aryl methyl sites for hydroxylation is 2. The number of hydrogen-bond donors (Lipinski definition) is 2. The van der Waals surface area contributed by atoms with E-state index in [1.54, 1.807) is 17.8 Å². The Morgan fingerprint density at radius 1 is 1.04 bits per heavy atom. The Kier molecular flexibility index (Phi) is 7.61. The molecule has 0 fully saturated rings. The zero-order chi connectivity index (χ0) is 19.8. The van der Waals surface area contributed by atoms with E-state index in [9.17, 15) is 9.59 Å². The smallest absolute Gasteiger partial charge is 0.250 e. The summed E-state index contributed by atoms with van der Waals surface area (Å²) in [6.07, 6.45) is 0. The van der Waals surface area contributed by atoms with Gasteiger partial charge in [0.15, 0.2) is 0 Å². The Balaban J connectivity index is 1.85. The Hall–Kier alpha value is -2.60. The largest absolute Gasteiger partial charge is 0.326 e. The van der Waals surface area contributed by atoms with Crippen LogP contribution in [0.3, 0.4) is 0 Å². The summed E-state index contributed by atoms with van der Waals surface area (Å²) in [7, 11) is 0. The number of hydrogen-bond acceptors (Lipinski definition) is 4. The van der Waals surface area contributed by atoms with E-state index in [0.717, 1.165) is 11.3 Å². The summed E-state index contributed by atoms with van der Waals surface area (Å²) in [6, 6.07) is 13.8. The number of carbonyl (C=O) groups is 2. The second-order valence-electron chi connectivity index (χ2n) is 6.48. The molecule has 0 atom stereocenters. The first-order chi connectivity index (χ1) is 12.8. The molecule has 0 aliphatic rings. The number of rotatable bonds is 7. The zero-order valence-corrected chi connectivity index (χ0v) is 16.9. The van der Waals surface area contributed by atoms with Crippen molar-refractivity contribution in [1.29, 1.82) is 0 Å². The van der Waals surface area contributed by atoms with Crippen molar-refractivity contribution in [2.45, 2.75) is 33.4 Å². The summed E-state index contributed by atoms with van der Waals surface area (Å²) in [5, 5.41) is 6.89. The minimum absolute atomic E-state index is 0.129. The molecule has 5 nitrogen and oxygen atoms in total. The van der Waals surface area contributed by atoms with E-state index in [1.165, 1.54) is 23.6 Å². The highest BCUT2D eigenvalue weighted by Gasteiger charge is 2.04. The molecule has 0 bridgehead atoms. The molecule has 0 spiro atoms. The number of carbonyl (C=O) groups excluding carboxylic acids is 2. The lowest BCUT2D eigenvalue weighted by Gasteiger charge is -2.07. The van der Waals surface area contributed by atoms with Gasteiger partial charge in [0.2, 0.25) is 11.8 Å². The third-order valence-corrected chi connectivity index (χ3v) is 4.74. The van der Waals surface area contributed by atoms with E-state index in [4.69, 9.17) is 0 Å². The molecular formula is C21H25N3O2S. The second-order valence-corrected chi connectivity index (χ2v) is 7.47. The SMILES string of the molecule is CC(=O)Nc1cccc(/C(C)=N/NC(=O)CSCc2cc(C)cc(C)c2)c1. The molecule has 27 heavy (non-hydrogen) atoms. The lowest BCUT2D eigenvalue weighted by atomic mass is 10.1. The maximum Gasteiger partial charge on any atom is 0.250 e. The fourth-order valence-corrected chi connectivity index (χ4v) is 3.44. The lowest BCUT2D eigenvalue weighted by Crippen LogP contribution is -2.21. The number of nitrogens with zero attached hydrogens (tertiary/aromatic N) is 1. The first-order valence-corrected chi connectivity index (χ1v) is 9.85. The van der Waals surface area contributed by atoms with Crippen molar-refractivity contribution in [3.05, 3.63) is 64.7 Å². The number of nitrogens with one attached hydrogen (secondary N) is 2. The fraction of sp³-hybridized carbons (Fsp3) is 0.286. The van der Waals surface area contributed by atoms with Gasteiger partial charge in [0.05, 0.1) is 11.5 Å². The molecule has 2 rings (SSSR count). The van der Waals surface area contributed by atoms with E-state index in [0.29, 0.717) is 17.2 Å². The topological polar surface area (TPSA) is 70.6 Å². The van der Waals surface area contributed by atoms with Gasteiger partial charge in [-0.05, 0) is 44.0 Å². The van der Waals surface area contributed by atoms with Crippen molar-refractivity contribution in [3.8, 4) is 0 Å². The summed E-state index contributed by atoms with van der Waals surface area (Å²) >= 11 is 1.56. The molecule has 0 aliphatic carbocycles. The molecule has 0 heterocycles. The van der Waals surface area contributed by atoms with Crippen LogP contribution < -0.4 is 10.7 Å². The molecule has 0 radical (unpaired) electrons. The highest BCUT2D eigenvalue weighted by atomic mass is 32.2. The van der Waals surface area contributed by atoms with Crippen LogP contribution in [0.4, 0.5) is 5.69 Å². The molecule has 0 unspecified atom stereocenters. The van der Waals surface area contributed by atoms with Gasteiger partial charge >= 0.3 is 0 Å². The van der Waals surface area contributed by atoms with Gasteiger partial charge in [-0.25, -0.2) is 5.43 Å². The molecule has 0 saturated heterocycles. The Labute approximate surface area is 164 Å². The summed E-state index contributed by atoms with van der Waals surface area (Å²) in [6.45, 7) is 7.43. The summed E-state index contributed by atoms with van der Waals surface area (Å²) < 4.78 is 0. The van der Waals surface area contributed by atoms with Crippen molar-refractivity contribution in [1.82, 2.24) is 5.43 Å². The zero-order valence-electron chi connectivity index (χ0n) is 16.1. The maximum atomic E-state index is 12.0. The first-order valence-electron chi connectivity index (χ1n) is 8.69. The third kappa shape index (κ3) is 7.27. The maximum absolute atomic E-state index is 12.0. The van der Waals surface area contributed by atoms with Gasteiger partial charge in [0, 0.05) is 18.4 Å². The van der Waals surface area contributed by atoms with E-state index < -0.39 is 0 Å². The van der Waals surface area contributed by atoms with Crippen LogP contribution in [-0.2, 0) is 15.3 Å². The standard InChI is InChI=1S/C21H25N3O2S/c1-14-8-15(2)10-18(9-14)12-27-13-21(26)24-23-16(3)19-6-5-7-20(11-19)22-17(4)25/h5-11H,12-13H2,1-4H3,(H,22,25)(H,24,26)/b23-16+. The molecular weight excluding hydrogens is 358 g/mol. The Morgan fingerprint density at radius 2 is 1.74 bits per heavy atom. The molecule has 2 N–H and O–H groups in total. The fourth-order valence-electron chi connectivity index (χ4n) is 2.68. The van der Waals surface area contributed by atoms with Crippen molar-refractivity contribution < 1.29 is 9.59 Å². The molecule has 2 aromatic rings. The molecule has 0 aromatic heterocycles. The molecule has 142 valence electrons. The van der Waals surface area contributed by atoms with Gasteiger partial charge in [-0.15, -0.1) is 11.8 Å². The van der Waals surface area contributed by atoms with E-state index in [2.05, 4.69) is 47.9 Å². The van der Waals surface area contributed by atoms with Crippen LogP contribution in [0.5, 0.6) is 0 Å². The van der Waals surface area contributed by atoms with Crippen LogP contribution in [0.25, 0.3) is 0 Å². The van der Waals surface area contributed by atoms with Crippen molar-refractivity contribution in [2.24, 2.45) is 5.10 Å². The summed E-state index contributed by atoms with van der Waals surface area (Å²) in [5.74, 6) is 0.866. The Bertz CT molecular complexity index is 842. The van der Waals surface area contributed by atoms with Crippen molar-refractivity contribution in [3.63, 3.8) is 0 Å². The average molecular weight is 384 g/mol. The summed E-state index contributed by atoms with van der Waals surface area (Å²) in [4.78, 5) is 23.2. The minimum Gasteiger partial charge on any atom is -0.326 e. The van der Waals surface area contributed by atoms with Gasteiger partial charge in [-0.2, -0.15) is 5.10 Å². The molecule has 0 aliphatic heterocycles.